The van der Waals surface area contributed by atoms with Crippen LogP contribution in [0.4, 0.5) is 0 Å². The Morgan fingerprint density at radius 1 is 0.861 bits per heavy atom. The van der Waals surface area contributed by atoms with E-state index in [1.54, 1.807) is 0 Å². The Hall–Kier alpha value is -2.55. The van der Waals surface area contributed by atoms with Crippen molar-refractivity contribution >= 4 is 5.97 Å². The van der Waals surface area contributed by atoms with Crippen LogP contribution < -0.4 is 4.74 Å². The summed E-state index contributed by atoms with van der Waals surface area (Å²) in [5.41, 5.74) is 5.62. The smallest absolute Gasteiger partial charge is 0.335 e. The maximum Gasteiger partial charge on any atom is 0.335 e. The first kappa shape index (κ1) is 29.7. The fourth-order valence-corrected chi connectivity index (χ4v) is 4.46. The van der Waals surface area contributed by atoms with Gasteiger partial charge in [-0.25, -0.2) is 4.79 Å². The van der Waals surface area contributed by atoms with Crippen LogP contribution >= 0.6 is 0 Å². The van der Waals surface area contributed by atoms with Gasteiger partial charge in [-0.3, -0.25) is 0 Å². The molecule has 0 fully saturated rings. The summed E-state index contributed by atoms with van der Waals surface area (Å²) in [5, 5.41) is 11.5. The Balaban J connectivity index is 2.97. The van der Waals surface area contributed by atoms with E-state index in [0.29, 0.717) is 17.4 Å². The second kappa shape index (κ2) is 10.4. The fourth-order valence-electron chi connectivity index (χ4n) is 4.46. The molecule has 1 N–H and O–H groups in total. The predicted octanol–water partition coefficient (Wildman–Crippen LogP) is 8.73. The summed E-state index contributed by atoms with van der Waals surface area (Å²) in [6.45, 7) is 29.6. The molecule has 0 bridgehead atoms. The van der Waals surface area contributed by atoms with E-state index in [1.165, 1.54) is 17.2 Å². The van der Waals surface area contributed by atoms with Gasteiger partial charge in [0.05, 0.1) is 0 Å². The molecule has 0 aliphatic heterocycles. The van der Waals surface area contributed by atoms with Crippen LogP contribution in [0.15, 0.2) is 36.9 Å². The minimum Gasteiger partial charge on any atom is -0.507 e. The first-order chi connectivity index (χ1) is 16.3. The first-order valence-electron chi connectivity index (χ1n) is 13.2. The second-order valence-corrected chi connectivity index (χ2v) is 13.7. The molecule has 36 heavy (non-hydrogen) atoms. The van der Waals surface area contributed by atoms with Crippen molar-refractivity contribution in [1.82, 2.24) is 0 Å². The molecule has 0 aliphatic carbocycles. The molecule has 0 heterocycles. The zero-order chi connectivity index (χ0) is 27.8. The highest BCUT2D eigenvalue weighted by Crippen LogP contribution is 2.46. The quantitative estimate of drug-likeness (QED) is 0.249. The first-order valence-corrected chi connectivity index (χ1v) is 13.2. The monoisotopic (exact) mass is 492 g/mol. The second-order valence-electron chi connectivity index (χ2n) is 13.7. The highest BCUT2D eigenvalue weighted by molar-refractivity contribution is 5.84. The van der Waals surface area contributed by atoms with Crippen molar-refractivity contribution in [2.24, 2.45) is 5.92 Å². The van der Waals surface area contributed by atoms with Crippen molar-refractivity contribution in [3.63, 3.8) is 0 Å². The molecule has 198 valence electrons. The molecule has 0 saturated heterocycles. The number of phenolic OH excluding ortho intramolecular Hbond substituents is 1. The topological polar surface area (TPSA) is 46.5 Å². The maximum atomic E-state index is 12.5. The van der Waals surface area contributed by atoms with E-state index >= 15 is 0 Å². The molecular formula is C33H48O3. The minimum atomic E-state index is -0.481. The molecular weight excluding hydrogens is 444 g/mol. The van der Waals surface area contributed by atoms with Crippen molar-refractivity contribution in [1.29, 1.82) is 0 Å². The van der Waals surface area contributed by atoms with Gasteiger partial charge in [-0.05, 0) is 45.3 Å². The van der Waals surface area contributed by atoms with E-state index in [1.807, 2.05) is 0 Å². The van der Waals surface area contributed by atoms with E-state index in [9.17, 15) is 9.90 Å². The largest absolute Gasteiger partial charge is 0.507 e. The van der Waals surface area contributed by atoms with E-state index < -0.39 is 5.97 Å². The number of benzene rings is 2. The van der Waals surface area contributed by atoms with Gasteiger partial charge in [0.1, 0.15) is 11.5 Å². The highest BCUT2D eigenvalue weighted by Gasteiger charge is 2.31. The van der Waals surface area contributed by atoms with Gasteiger partial charge in [-0.1, -0.05) is 114 Å². The van der Waals surface area contributed by atoms with Gasteiger partial charge in [0, 0.05) is 28.7 Å². The van der Waals surface area contributed by atoms with Crippen molar-refractivity contribution in [2.45, 2.75) is 112 Å². The Morgan fingerprint density at radius 3 is 1.81 bits per heavy atom. The van der Waals surface area contributed by atoms with E-state index in [2.05, 4.69) is 114 Å². The molecule has 0 spiro atoms. The summed E-state index contributed by atoms with van der Waals surface area (Å²) < 4.78 is 5.96. The molecule has 0 aliphatic rings. The number of ether oxygens (including phenoxy) is 1. The van der Waals surface area contributed by atoms with E-state index in [0.717, 1.165) is 28.7 Å². The summed E-state index contributed by atoms with van der Waals surface area (Å²) in [6.07, 6.45) is 2.00. The number of carbonyl (C=O) groups excluding carboxylic acids is 1. The van der Waals surface area contributed by atoms with Crippen LogP contribution in [0.5, 0.6) is 11.5 Å². The van der Waals surface area contributed by atoms with Crippen molar-refractivity contribution in [3.8, 4) is 11.5 Å². The molecule has 1 unspecified atom stereocenters. The number of phenols is 1. The number of esters is 1. The molecule has 3 heteroatoms. The van der Waals surface area contributed by atoms with Crippen LogP contribution in [0.1, 0.15) is 122 Å². The average Bonchev–Trinajstić information content (AvgIpc) is 2.71. The number of rotatable bonds is 6. The maximum absolute atomic E-state index is 12.5. The lowest BCUT2D eigenvalue weighted by atomic mass is 9.75. The van der Waals surface area contributed by atoms with E-state index in [4.69, 9.17) is 4.74 Å². The predicted molar refractivity (Wildman–Crippen MR) is 153 cm³/mol. The van der Waals surface area contributed by atoms with Crippen LogP contribution in [-0.2, 0) is 27.5 Å². The normalized spacial score (nSPS) is 13.6. The standard InChI is InChI=1S/C33H48O3/c1-14-28(34)36-30-26(18-24(32(8,9)10)19-27(30)33(11,12)13)21(4)25-17-23(31(5,6)7)16-22(29(25)35)15-20(2)3/h14,16-21,35H,1,15H2,2-13H3. The van der Waals surface area contributed by atoms with Gasteiger partial charge in [0.25, 0.3) is 0 Å². The Bertz CT molecular complexity index is 1120. The fraction of sp³-hybridized carbons (Fsp3) is 0.545. The van der Waals surface area contributed by atoms with Gasteiger partial charge < -0.3 is 9.84 Å². The summed E-state index contributed by atoms with van der Waals surface area (Å²) >= 11 is 0. The summed E-state index contributed by atoms with van der Waals surface area (Å²) in [7, 11) is 0. The van der Waals surface area contributed by atoms with Crippen LogP contribution in [0.3, 0.4) is 0 Å². The van der Waals surface area contributed by atoms with Crippen LogP contribution in [0.2, 0.25) is 0 Å². The van der Waals surface area contributed by atoms with Crippen molar-refractivity contribution < 1.29 is 14.6 Å². The highest BCUT2D eigenvalue weighted by atomic mass is 16.5. The Morgan fingerprint density at radius 2 is 1.36 bits per heavy atom. The lowest BCUT2D eigenvalue weighted by molar-refractivity contribution is -0.129. The van der Waals surface area contributed by atoms with Gasteiger partial charge >= 0.3 is 5.97 Å². The Kier molecular flexibility index (Phi) is 8.61. The molecule has 0 amide bonds. The average molecular weight is 493 g/mol. The van der Waals surface area contributed by atoms with Crippen LogP contribution in [0, 0.1) is 5.92 Å². The number of aromatic hydroxyl groups is 1. The lowest BCUT2D eigenvalue weighted by Gasteiger charge is -2.31. The van der Waals surface area contributed by atoms with Gasteiger partial charge in [0.15, 0.2) is 0 Å². The van der Waals surface area contributed by atoms with Crippen LogP contribution in [0.25, 0.3) is 0 Å². The summed E-state index contributed by atoms with van der Waals surface area (Å²) in [6, 6.07) is 8.59. The molecule has 1 atom stereocenters. The number of hydrogen-bond acceptors (Lipinski definition) is 3. The molecule has 3 nitrogen and oxygen atoms in total. The van der Waals surface area contributed by atoms with Gasteiger partial charge in [-0.2, -0.15) is 0 Å². The SMILES string of the molecule is C=CC(=O)Oc1c(C(C)c2cc(C(C)(C)C)cc(CC(C)C)c2O)cc(C(C)(C)C)cc1C(C)(C)C. The Labute approximate surface area is 220 Å². The molecule has 2 aromatic rings. The molecule has 0 saturated carbocycles. The van der Waals surface area contributed by atoms with Gasteiger partial charge in [0.2, 0.25) is 0 Å². The minimum absolute atomic E-state index is 0.0735. The third kappa shape index (κ3) is 6.81. The summed E-state index contributed by atoms with van der Waals surface area (Å²) in [5.74, 6) is 0.637. The molecule has 0 radical (unpaired) electrons. The number of carbonyl (C=O) groups is 1. The van der Waals surface area contributed by atoms with Crippen molar-refractivity contribution in [3.05, 3.63) is 70.3 Å². The summed E-state index contributed by atoms with van der Waals surface area (Å²) in [4.78, 5) is 12.5. The zero-order valence-electron chi connectivity index (χ0n) is 24.7. The van der Waals surface area contributed by atoms with Crippen molar-refractivity contribution in [2.75, 3.05) is 0 Å². The third-order valence-corrected chi connectivity index (χ3v) is 6.81. The molecule has 2 aromatic carbocycles. The molecule has 2 rings (SSSR count). The van der Waals surface area contributed by atoms with Crippen LogP contribution in [-0.4, -0.2) is 11.1 Å². The van der Waals surface area contributed by atoms with E-state index in [-0.39, 0.29) is 22.2 Å². The zero-order valence-corrected chi connectivity index (χ0v) is 24.7. The third-order valence-electron chi connectivity index (χ3n) is 6.81. The number of hydrogen-bond donors (Lipinski definition) is 1. The lowest BCUT2D eigenvalue weighted by Crippen LogP contribution is -2.21. The van der Waals surface area contributed by atoms with Gasteiger partial charge in [-0.15, -0.1) is 0 Å². The molecule has 0 aromatic heterocycles.